The first-order valence-electron chi connectivity index (χ1n) is 7.43. The van der Waals surface area contributed by atoms with Crippen LogP contribution in [0.15, 0.2) is 47.4 Å². The quantitative estimate of drug-likeness (QED) is 0.678. The predicted molar refractivity (Wildman–Crippen MR) is 83.4 cm³/mol. The summed E-state index contributed by atoms with van der Waals surface area (Å²) in [6, 6.07) is 5.52. The molecule has 11 heteroatoms. The van der Waals surface area contributed by atoms with Gasteiger partial charge in [-0.2, -0.15) is 18.2 Å². The fraction of sp³-hybridized carbons (Fsp3) is 0.125. The van der Waals surface area contributed by atoms with Crippen molar-refractivity contribution in [2.75, 3.05) is 6.54 Å². The highest BCUT2D eigenvalue weighted by Crippen LogP contribution is 2.29. The van der Waals surface area contributed by atoms with Gasteiger partial charge in [-0.25, -0.2) is 4.98 Å². The summed E-state index contributed by atoms with van der Waals surface area (Å²) in [6.07, 6.45) is -0.723. The second kappa shape index (κ2) is 7.32. The number of Topliss-reactive ketones (excluding diaryl/α,β-unsaturated/α-hetero) is 1. The number of nitrogens with zero attached hydrogens (tertiary/aromatic N) is 4. The summed E-state index contributed by atoms with van der Waals surface area (Å²) in [6.45, 7) is -0.283. The van der Waals surface area contributed by atoms with Gasteiger partial charge in [0.05, 0.1) is 12.7 Å². The Labute approximate surface area is 149 Å². The Balaban J connectivity index is 1.64. The molecule has 0 atom stereocenters. The van der Waals surface area contributed by atoms with Crippen LogP contribution >= 0.6 is 0 Å². The summed E-state index contributed by atoms with van der Waals surface area (Å²) in [5.74, 6) is -2.66. The van der Waals surface area contributed by atoms with Crippen LogP contribution in [0.5, 0.6) is 0 Å². The van der Waals surface area contributed by atoms with Gasteiger partial charge in [0.25, 0.3) is 5.91 Å². The lowest BCUT2D eigenvalue weighted by molar-refractivity contribution is -0.159. The average molecular weight is 377 g/mol. The van der Waals surface area contributed by atoms with Gasteiger partial charge >= 0.3 is 12.1 Å². The lowest BCUT2D eigenvalue weighted by Gasteiger charge is -2.04. The minimum atomic E-state index is -4.73. The number of benzene rings is 1. The maximum atomic E-state index is 12.5. The smallest absolute Gasteiger partial charge is 0.343 e. The van der Waals surface area contributed by atoms with Crippen LogP contribution in [0.4, 0.5) is 13.2 Å². The van der Waals surface area contributed by atoms with Crippen LogP contribution in [0.25, 0.3) is 11.4 Å². The molecule has 0 bridgehead atoms. The SMILES string of the molecule is O=C(CNC(=O)c1cnccn1)c1ccc(-c2noc(C(F)(F)F)n2)cc1. The molecule has 1 amide bonds. The number of alkyl halides is 3. The maximum absolute atomic E-state index is 12.5. The Bertz CT molecular complexity index is 955. The molecule has 138 valence electrons. The number of carbonyl (C=O) groups excluding carboxylic acids is 2. The van der Waals surface area contributed by atoms with Crippen molar-refractivity contribution in [2.45, 2.75) is 6.18 Å². The number of carbonyl (C=O) groups is 2. The number of rotatable bonds is 5. The van der Waals surface area contributed by atoms with Crippen LogP contribution in [0.2, 0.25) is 0 Å². The van der Waals surface area contributed by atoms with Gasteiger partial charge in [-0.3, -0.25) is 14.6 Å². The molecule has 8 nitrogen and oxygen atoms in total. The molecule has 3 rings (SSSR count). The van der Waals surface area contributed by atoms with Gasteiger partial charge in [-0.1, -0.05) is 29.4 Å². The molecule has 0 aliphatic carbocycles. The number of halogens is 3. The first-order chi connectivity index (χ1) is 12.8. The molecule has 2 aromatic heterocycles. The fourth-order valence-electron chi connectivity index (χ4n) is 2.03. The van der Waals surface area contributed by atoms with Crippen molar-refractivity contribution in [3.05, 3.63) is 60.0 Å². The van der Waals surface area contributed by atoms with Gasteiger partial charge in [-0.15, -0.1) is 0 Å². The molecule has 3 aromatic rings. The number of aromatic nitrogens is 4. The minimum Gasteiger partial charge on any atom is -0.343 e. The lowest BCUT2D eigenvalue weighted by atomic mass is 10.1. The third kappa shape index (κ3) is 4.32. The van der Waals surface area contributed by atoms with Crippen LogP contribution < -0.4 is 5.32 Å². The molecule has 27 heavy (non-hydrogen) atoms. The molecule has 1 aromatic carbocycles. The van der Waals surface area contributed by atoms with E-state index in [1.165, 1.54) is 42.9 Å². The first-order valence-corrected chi connectivity index (χ1v) is 7.43. The van der Waals surface area contributed by atoms with E-state index >= 15 is 0 Å². The highest BCUT2D eigenvalue weighted by atomic mass is 19.4. The second-order valence-corrected chi connectivity index (χ2v) is 5.19. The standard InChI is InChI=1S/C16H10F3N5O3/c17-16(18,19)15-23-13(24-27-15)10-3-1-9(2-4-10)12(25)8-22-14(26)11-7-20-5-6-21-11/h1-7H,8H2,(H,22,26). The molecule has 0 radical (unpaired) electrons. The molecule has 0 aliphatic rings. The first kappa shape index (κ1) is 18.2. The number of amides is 1. The lowest BCUT2D eigenvalue weighted by Crippen LogP contribution is -2.30. The molecule has 2 heterocycles. The average Bonchev–Trinajstić information content (AvgIpc) is 3.17. The zero-order valence-corrected chi connectivity index (χ0v) is 13.4. The van der Waals surface area contributed by atoms with Crippen LogP contribution in [0.1, 0.15) is 26.7 Å². The molecular weight excluding hydrogens is 367 g/mol. The molecule has 0 aliphatic heterocycles. The highest BCUT2D eigenvalue weighted by molar-refractivity contribution is 6.01. The van der Waals surface area contributed by atoms with Crippen molar-refractivity contribution in [1.29, 1.82) is 0 Å². The van der Waals surface area contributed by atoms with E-state index in [1.54, 1.807) is 0 Å². The van der Waals surface area contributed by atoms with E-state index in [-0.39, 0.29) is 29.2 Å². The Morgan fingerprint density at radius 3 is 2.44 bits per heavy atom. The molecule has 0 saturated carbocycles. The molecule has 1 N–H and O–H groups in total. The van der Waals surface area contributed by atoms with Crippen molar-refractivity contribution in [1.82, 2.24) is 25.4 Å². The molecule has 0 fully saturated rings. The van der Waals surface area contributed by atoms with E-state index in [2.05, 4.69) is 29.9 Å². The Hall–Kier alpha value is -3.63. The normalized spacial score (nSPS) is 11.2. The van der Waals surface area contributed by atoms with Crippen LogP contribution in [0, 0.1) is 0 Å². The summed E-state index contributed by atoms with van der Waals surface area (Å²) < 4.78 is 41.6. The Morgan fingerprint density at radius 2 is 1.85 bits per heavy atom. The number of hydrogen-bond donors (Lipinski definition) is 1. The summed E-state index contributed by atoms with van der Waals surface area (Å²) in [4.78, 5) is 34.7. The monoisotopic (exact) mass is 377 g/mol. The molecule has 0 saturated heterocycles. The second-order valence-electron chi connectivity index (χ2n) is 5.19. The van der Waals surface area contributed by atoms with Crippen molar-refractivity contribution >= 4 is 11.7 Å². The zero-order chi connectivity index (χ0) is 19.4. The fourth-order valence-corrected chi connectivity index (χ4v) is 2.03. The van der Waals surface area contributed by atoms with Crippen molar-refractivity contribution in [3.63, 3.8) is 0 Å². The van der Waals surface area contributed by atoms with E-state index in [0.29, 0.717) is 0 Å². The van der Waals surface area contributed by atoms with Gasteiger partial charge in [-0.05, 0) is 0 Å². The van der Waals surface area contributed by atoms with E-state index in [1.807, 2.05) is 0 Å². The van der Waals surface area contributed by atoms with E-state index < -0.39 is 23.8 Å². The summed E-state index contributed by atoms with van der Waals surface area (Å²) in [5, 5.41) is 5.67. The van der Waals surface area contributed by atoms with Crippen molar-refractivity contribution in [3.8, 4) is 11.4 Å². The molecule has 0 spiro atoms. The molecule has 0 unspecified atom stereocenters. The minimum absolute atomic E-state index is 0.0678. The van der Waals surface area contributed by atoms with E-state index in [9.17, 15) is 22.8 Å². The van der Waals surface area contributed by atoms with Crippen LogP contribution in [-0.2, 0) is 6.18 Å². The Morgan fingerprint density at radius 1 is 1.11 bits per heavy atom. The topological polar surface area (TPSA) is 111 Å². The highest BCUT2D eigenvalue weighted by Gasteiger charge is 2.38. The number of hydrogen-bond acceptors (Lipinski definition) is 7. The Kier molecular flexibility index (Phi) is 4.92. The van der Waals surface area contributed by atoms with Crippen LogP contribution in [0.3, 0.4) is 0 Å². The van der Waals surface area contributed by atoms with Crippen molar-refractivity contribution in [2.24, 2.45) is 0 Å². The third-order valence-corrected chi connectivity index (χ3v) is 3.34. The maximum Gasteiger partial charge on any atom is 0.471 e. The van der Waals surface area contributed by atoms with Gasteiger partial charge < -0.3 is 9.84 Å². The van der Waals surface area contributed by atoms with Gasteiger partial charge in [0.15, 0.2) is 5.78 Å². The van der Waals surface area contributed by atoms with E-state index in [0.717, 1.165) is 0 Å². The van der Waals surface area contributed by atoms with E-state index in [4.69, 9.17) is 0 Å². The number of nitrogens with one attached hydrogen (secondary N) is 1. The van der Waals surface area contributed by atoms with Gasteiger partial charge in [0.2, 0.25) is 5.82 Å². The van der Waals surface area contributed by atoms with Crippen molar-refractivity contribution < 1.29 is 27.3 Å². The number of ketones is 1. The third-order valence-electron chi connectivity index (χ3n) is 3.34. The predicted octanol–water partition coefficient (Wildman–Crippen LogP) is 2.16. The zero-order valence-electron chi connectivity index (χ0n) is 13.4. The molecular formula is C16H10F3N5O3. The van der Waals surface area contributed by atoms with Gasteiger partial charge in [0, 0.05) is 23.5 Å². The largest absolute Gasteiger partial charge is 0.471 e. The summed E-state index contributed by atoms with van der Waals surface area (Å²) in [5.41, 5.74) is 0.561. The summed E-state index contributed by atoms with van der Waals surface area (Å²) in [7, 11) is 0. The van der Waals surface area contributed by atoms with Gasteiger partial charge in [0.1, 0.15) is 5.69 Å². The summed E-state index contributed by atoms with van der Waals surface area (Å²) >= 11 is 0. The van der Waals surface area contributed by atoms with Crippen LogP contribution in [-0.4, -0.2) is 38.3 Å².